The number of rotatable bonds is 8. The zero-order chi connectivity index (χ0) is 23.4. The summed E-state index contributed by atoms with van der Waals surface area (Å²) in [5.74, 6) is -0.480. The van der Waals surface area contributed by atoms with Crippen molar-refractivity contribution in [2.45, 2.75) is 32.6 Å². The van der Waals surface area contributed by atoms with Crippen molar-refractivity contribution in [2.24, 2.45) is 0 Å². The summed E-state index contributed by atoms with van der Waals surface area (Å²) in [6, 6.07) is 18.9. The minimum absolute atomic E-state index is 0.0803. The van der Waals surface area contributed by atoms with Gasteiger partial charge >= 0.3 is 0 Å². The van der Waals surface area contributed by atoms with E-state index in [9.17, 15) is 8.78 Å². The van der Waals surface area contributed by atoms with Crippen molar-refractivity contribution in [1.82, 2.24) is 0 Å². The minimum Gasteiger partial charge on any atom is -0.494 e. The van der Waals surface area contributed by atoms with Gasteiger partial charge in [0, 0.05) is 11.5 Å². The summed E-state index contributed by atoms with van der Waals surface area (Å²) in [6.07, 6.45) is 2.16. The van der Waals surface area contributed by atoms with Crippen LogP contribution in [0.2, 0.25) is 5.02 Å². The van der Waals surface area contributed by atoms with E-state index >= 15 is 4.39 Å². The fourth-order valence-corrected chi connectivity index (χ4v) is 4.09. The Labute approximate surface area is 196 Å². The molecule has 33 heavy (non-hydrogen) atoms. The maximum absolute atomic E-state index is 15.1. The first-order valence-corrected chi connectivity index (χ1v) is 11.4. The lowest BCUT2D eigenvalue weighted by atomic mass is 9.97. The van der Waals surface area contributed by atoms with Gasteiger partial charge in [0.25, 0.3) is 0 Å². The molecule has 4 aromatic rings. The molecule has 4 aromatic carbocycles. The van der Waals surface area contributed by atoms with Crippen LogP contribution in [0.5, 0.6) is 5.75 Å². The van der Waals surface area contributed by atoms with Crippen molar-refractivity contribution in [3.8, 4) is 5.75 Å². The van der Waals surface area contributed by atoms with Gasteiger partial charge in [-0.3, -0.25) is 0 Å². The molecule has 1 nitrogen and oxygen atoms in total. The van der Waals surface area contributed by atoms with E-state index in [0.29, 0.717) is 54.6 Å². The second-order valence-electron chi connectivity index (χ2n) is 8.03. The molecule has 0 bridgehead atoms. The van der Waals surface area contributed by atoms with Crippen molar-refractivity contribution in [3.05, 3.63) is 111 Å². The van der Waals surface area contributed by atoms with Crippen LogP contribution in [0.25, 0.3) is 10.8 Å². The van der Waals surface area contributed by atoms with E-state index in [4.69, 9.17) is 16.3 Å². The molecule has 0 saturated heterocycles. The molecule has 0 unspecified atom stereocenters. The van der Waals surface area contributed by atoms with E-state index in [1.54, 1.807) is 30.3 Å². The predicted octanol–water partition coefficient (Wildman–Crippen LogP) is 7.88. The molecule has 0 aromatic heterocycles. The van der Waals surface area contributed by atoms with Gasteiger partial charge in [-0.05, 0) is 78.4 Å². The number of benzene rings is 4. The Morgan fingerprint density at radius 3 is 2.12 bits per heavy atom. The van der Waals surface area contributed by atoms with Gasteiger partial charge in [-0.15, -0.1) is 0 Å². The molecular weight excluding hydrogens is 445 g/mol. The van der Waals surface area contributed by atoms with E-state index < -0.39 is 5.82 Å². The van der Waals surface area contributed by atoms with Crippen LogP contribution in [0.4, 0.5) is 13.2 Å². The fraction of sp³-hybridized carbons (Fsp3) is 0.214. The quantitative estimate of drug-likeness (QED) is 0.255. The standard InChI is InChI=1S/C28H24ClF3O/c1-2-33-23-12-11-20(26(30)17-23)7-3-18-5-13-24-22(15-18)10-9-21(28(24)32)8-4-19-6-14-25(29)27(31)16-19/h5-6,9-17H,2-4,7-8H2,1H3. The van der Waals surface area contributed by atoms with Crippen LogP contribution in [-0.4, -0.2) is 6.61 Å². The Kier molecular flexibility index (Phi) is 7.24. The van der Waals surface area contributed by atoms with E-state index in [1.807, 2.05) is 25.1 Å². The lowest BCUT2D eigenvalue weighted by Gasteiger charge is -2.10. The van der Waals surface area contributed by atoms with Crippen molar-refractivity contribution in [3.63, 3.8) is 0 Å². The van der Waals surface area contributed by atoms with Crippen molar-refractivity contribution < 1.29 is 17.9 Å². The van der Waals surface area contributed by atoms with Gasteiger partial charge in [0.1, 0.15) is 23.2 Å². The van der Waals surface area contributed by atoms with Crippen LogP contribution in [0.1, 0.15) is 29.2 Å². The molecule has 4 rings (SSSR count). The maximum Gasteiger partial charge on any atom is 0.142 e. The Balaban J connectivity index is 1.45. The molecule has 0 aliphatic carbocycles. The monoisotopic (exact) mass is 468 g/mol. The Bertz CT molecular complexity index is 1290. The maximum atomic E-state index is 15.1. The summed E-state index contributed by atoms with van der Waals surface area (Å²) in [4.78, 5) is 0. The predicted molar refractivity (Wildman–Crippen MR) is 128 cm³/mol. The van der Waals surface area contributed by atoms with Crippen LogP contribution < -0.4 is 4.74 Å². The highest BCUT2D eigenvalue weighted by atomic mass is 35.5. The fourth-order valence-electron chi connectivity index (χ4n) is 3.98. The average Bonchev–Trinajstić information content (AvgIpc) is 2.80. The van der Waals surface area contributed by atoms with Crippen LogP contribution in [0.3, 0.4) is 0 Å². The molecular formula is C28H24ClF3O. The highest BCUT2D eigenvalue weighted by Crippen LogP contribution is 2.25. The number of aryl methyl sites for hydroxylation is 4. The van der Waals surface area contributed by atoms with Gasteiger partial charge in [0.2, 0.25) is 0 Å². The third-order valence-electron chi connectivity index (χ3n) is 5.78. The molecule has 0 fully saturated rings. The first-order valence-electron chi connectivity index (χ1n) is 11.0. The molecule has 5 heteroatoms. The van der Waals surface area contributed by atoms with Gasteiger partial charge in [-0.25, -0.2) is 13.2 Å². The third kappa shape index (κ3) is 5.51. The van der Waals surface area contributed by atoms with Gasteiger partial charge in [-0.2, -0.15) is 0 Å². The molecule has 0 aliphatic rings. The van der Waals surface area contributed by atoms with E-state index in [0.717, 1.165) is 16.5 Å². The summed E-state index contributed by atoms with van der Waals surface area (Å²) in [7, 11) is 0. The molecule has 0 saturated carbocycles. The van der Waals surface area contributed by atoms with Crippen molar-refractivity contribution >= 4 is 22.4 Å². The first kappa shape index (κ1) is 23.2. The number of hydrogen-bond acceptors (Lipinski definition) is 1. The van der Waals surface area contributed by atoms with Crippen LogP contribution in [0.15, 0.2) is 66.7 Å². The minimum atomic E-state index is -0.467. The normalized spacial score (nSPS) is 11.2. The van der Waals surface area contributed by atoms with Gasteiger partial charge in [0.05, 0.1) is 11.6 Å². The van der Waals surface area contributed by atoms with Gasteiger partial charge in [-0.1, -0.05) is 54.1 Å². The highest BCUT2D eigenvalue weighted by molar-refractivity contribution is 6.30. The second kappa shape index (κ2) is 10.3. The SMILES string of the molecule is CCOc1ccc(CCc2ccc3c(F)c(CCc4ccc(Cl)c(F)c4)ccc3c2)c(F)c1. The number of ether oxygens (including phenoxy) is 1. The van der Waals surface area contributed by atoms with Crippen LogP contribution in [-0.2, 0) is 25.7 Å². The molecule has 0 spiro atoms. The van der Waals surface area contributed by atoms with E-state index in [-0.39, 0.29) is 16.7 Å². The van der Waals surface area contributed by atoms with Gasteiger partial charge < -0.3 is 4.74 Å². The molecule has 0 amide bonds. The summed E-state index contributed by atoms with van der Waals surface area (Å²) >= 11 is 5.73. The van der Waals surface area contributed by atoms with E-state index in [2.05, 4.69) is 0 Å². The Hall–Kier alpha value is -2.98. The Morgan fingerprint density at radius 2 is 1.39 bits per heavy atom. The van der Waals surface area contributed by atoms with Crippen molar-refractivity contribution in [1.29, 1.82) is 0 Å². The zero-order valence-electron chi connectivity index (χ0n) is 18.3. The zero-order valence-corrected chi connectivity index (χ0v) is 19.1. The van der Waals surface area contributed by atoms with Crippen molar-refractivity contribution in [2.75, 3.05) is 6.61 Å². The topological polar surface area (TPSA) is 9.23 Å². The third-order valence-corrected chi connectivity index (χ3v) is 6.09. The largest absolute Gasteiger partial charge is 0.494 e. The second-order valence-corrected chi connectivity index (χ2v) is 8.44. The summed E-state index contributed by atoms with van der Waals surface area (Å²) in [6.45, 7) is 2.35. The molecule has 0 N–H and O–H groups in total. The van der Waals surface area contributed by atoms with Gasteiger partial charge in [0.15, 0.2) is 0 Å². The average molecular weight is 469 g/mol. The molecule has 0 radical (unpaired) electrons. The smallest absolute Gasteiger partial charge is 0.142 e. The Morgan fingerprint density at radius 1 is 0.697 bits per heavy atom. The van der Waals surface area contributed by atoms with E-state index in [1.165, 1.54) is 18.2 Å². The summed E-state index contributed by atoms with van der Waals surface area (Å²) in [5.41, 5.74) is 2.99. The molecule has 0 aliphatic heterocycles. The number of fused-ring (bicyclic) bond motifs is 1. The molecule has 0 atom stereocenters. The molecule has 170 valence electrons. The van der Waals surface area contributed by atoms with Crippen LogP contribution in [0, 0.1) is 17.5 Å². The number of hydrogen-bond donors (Lipinski definition) is 0. The molecule has 0 heterocycles. The van der Waals surface area contributed by atoms with Crippen LogP contribution >= 0.6 is 11.6 Å². The lowest BCUT2D eigenvalue weighted by molar-refractivity contribution is 0.338. The first-order chi connectivity index (χ1) is 15.9. The number of halogens is 4. The highest BCUT2D eigenvalue weighted by Gasteiger charge is 2.10. The summed E-state index contributed by atoms with van der Waals surface area (Å²) in [5, 5.41) is 1.43. The summed E-state index contributed by atoms with van der Waals surface area (Å²) < 4.78 is 48.4. The lowest BCUT2D eigenvalue weighted by Crippen LogP contribution is -1.99.